The van der Waals surface area contributed by atoms with E-state index in [9.17, 15) is 9.59 Å². The highest BCUT2D eigenvalue weighted by Gasteiger charge is 2.30. The molecule has 1 N–H and O–H groups in total. The summed E-state index contributed by atoms with van der Waals surface area (Å²) >= 11 is 0. The molecule has 2 amide bonds. The van der Waals surface area contributed by atoms with Gasteiger partial charge in [0.25, 0.3) is 0 Å². The zero-order chi connectivity index (χ0) is 17.4. The highest BCUT2D eigenvalue weighted by atomic mass is 16.7. The number of piperidine rings is 1. The molecule has 2 rings (SSSR count). The molecule has 0 atom stereocenters. The number of likely N-dealkylation sites (tertiary alicyclic amines) is 1. The largest absolute Gasteiger partial charge is 0.445 e. The van der Waals surface area contributed by atoms with Crippen LogP contribution in [0, 0.1) is 0 Å². The first-order valence-electron chi connectivity index (χ1n) is 8.25. The van der Waals surface area contributed by atoms with Gasteiger partial charge in [-0.25, -0.2) is 9.59 Å². The number of hydrogen-bond donors (Lipinski definition) is 1. The zero-order valence-electron chi connectivity index (χ0n) is 14.2. The monoisotopic (exact) mass is 335 g/mol. The van der Waals surface area contributed by atoms with Gasteiger partial charge in [0.05, 0.1) is 0 Å². The molecule has 0 unspecified atom stereocenters. The van der Waals surface area contributed by atoms with Crippen LogP contribution in [0.2, 0.25) is 0 Å². The van der Waals surface area contributed by atoms with Crippen molar-refractivity contribution in [2.75, 3.05) is 26.7 Å². The summed E-state index contributed by atoms with van der Waals surface area (Å²) in [5.74, 6) is 0. The van der Waals surface area contributed by atoms with Crippen molar-refractivity contribution in [1.82, 2.24) is 15.3 Å². The lowest BCUT2D eigenvalue weighted by atomic mass is 10.0. The van der Waals surface area contributed by atoms with Crippen molar-refractivity contribution in [3.63, 3.8) is 0 Å². The number of carbonyl (C=O) groups is 2. The van der Waals surface area contributed by atoms with Crippen LogP contribution in [0.15, 0.2) is 30.3 Å². The summed E-state index contributed by atoms with van der Waals surface area (Å²) in [4.78, 5) is 32.2. The lowest BCUT2D eigenvalue weighted by Crippen LogP contribution is -2.49. The molecule has 24 heavy (non-hydrogen) atoms. The number of rotatable bonds is 5. The van der Waals surface area contributed by atoms with E-state index < -0.39 is 0 Å². The summed E-state index contributed by atoms with van der Waals surface area (Å²) in [6.07, 6.45) is 0.739. The molecule has 0 radical (unpaired) electrons. The second-order valence-corrected chi connectivity index (χ2v) is 5.62. The Morgan fingerprint density at radius 3 is 2.50 bits per heavy atom. The normalized spacial score (nSPS) is 15.0. The maximum atomic E-state index is 12.1. The Balaban J connectivity index is 1.79. The Morgan fingerprint density at radius 2 is 1.92 bits per heavy atom. The first-order chi connectivity index (χ1) is 11.7. The van der Waals surface area contributed by atoms with Gasteiger partial charge in [0.15, 0.2) is 0 Å². The third-order valence-corrected chi connectivity index (χ3v) is 4.13. The smallest absolute Gasteiger partial charge is 0.428 e. The first-order valence-corrected chi connectivity index (χ1v) is 8.25. The molecule has 1 aromatic carbocycles. The molecule has 1 saturated heterocycles. The van der Waals surface area contributed by atoms with Crippen LogP contribution in [0.1, 0.15) is 25.3 Å². The van der Waals surface area contributed by atoms with E-state index in [1.165, 1.54) is 0 Å². The van der Waals surface area contributed by atoms with Gasteiger partial charge in [-0.15, -0.1) is 0 Å². The average Bonchev–Trinajstić information content (AvgIpc) is 2.62. The zero-order valence-corrected chi connectivity index (χ0v) is 14.2. The van der Waals surface area contributed by atoms with Gasteiger partial charge in [-0.1, -0.05) is 30.3 Å². The van der Waals surface area contributed by atoms with Crippen LogP contribution in [0.4, 0.5) is 9.59 Å². The topological polar surface area (TPSA) is 71.1 Å². The molecule has 1 fully saturated rings. The molecular formula is C17H25N3O4. The van der Waals surface area contributed by atoms with Crippen LogP contribution < -0.4 is 5.48 Å². The molecule has 7 heteroatoms. The van der Waals surface area contributed by atoms with E-state index in [2.05, 4.69) is 5.48 Å². The highest BCUT2D eigenvalue weighted by molar-refractivity contribution is 5.69. The third-order valence-electron chi connectivity index (χ3n) is 4.13. The van der Waals surface area contributed by atoms with Crippen LogP contribution in [0.5, 0.6) is 0 Å². The van der Waals surface area contributed by atoms with Gasteiger partial charge >= 0.3 is 12.2 Å². The van der Waals surface area contributed by atoms with Gasteiger partial charge in [0.2, 0.25) is 0 Å². The Labute approximate surface area is 142 Å². The van der Waals surface area contributed by atoms with E-state index in [1.807, 2.05) is 37.3 Å². The number of benzene rings is 1. The lowest BCUT2D eigenvalue weighted by molar-refractivity contribution is 0.0374. The van der Waals surface area contributed by atoms with Crippen molar-refractivity contribution in [3.05, 3.63) is 35.9 Å². The van der Waals surface area contributed by atoms with E-state index in [0.29, 0.717) is 32.5 Å². The second kappa shape index (κ2) is 9.12. The van der Waals surface area contributed by atoms with Crippen LogP contribution in [-0.2, 0) is 16.2 Å². The molecule has 0 aromatic heterocycles. The number of nitrogens with one attached hydrogen (secondary N) is 1. The number of carbonyl (C=O) groups excluding carboxylic acids is 2. The molecule has 0 saturated carbocycles. The van der Waals surface area contributed by atoms with Gasteiger partial charge in [-0.3, -0.25) is 0 Å². The number of hydroxylamine groups is 1. The van der Waals surface area contributed by atoms with Gasteiger partial charge in [-0.05, 0) is 25.3 Å². The van der Waals surface area contributed by atoms with Gasteiger partial charge in [-0.2, -0.15) is 5.48 Å². The summed E-state index contributed by atoms with van der Waals surface area (Å²) in [7, 11) is 1.55. The van der Waals surface area contributed by atoms with E-state index in [-0.39, 0.29) is 24.8 Å². The summed E-state index contributed by atoms with van der Waals surface area (Å²) in [5, 5.41) is 0. The van der Waals surface area contributed by atoms with E-state index in [4.69, 9.17) is 9.57 Å². The standard InChI is InChI=1S/C17H25N3O4/c1-3-20(17(22)24-18-2)15-9-11-19(12-10-15)16(21)23-13-14-7-5-4-6-8-14/h4-8,15,18H,3,9-13H2,1-2H3. The van der Waals surface area contributed by atoms with Crippen molar-refractivity contribution >= 4 is 12.2 Å². The van der Waals surface area contributed by atoms with Crippen molar-refractivity contribution in [1.29, 1.82) is 0 Å². The molecule has 7 nitrogen and oxygen atoms in total. The number of ether oxygens (including phenoxy) is 1. The minimum atomic E-state index is -0.384. The lowest BCUT2D eigenvalue weighted by Gasteiger charge is -2.36. The Bertz CT molecular complexity index is 530. The molecule has 132 valence electrons. The fraction of sp³-hybridized carbons (Fsp3) is 0.529. The predicted molar refractivity (Wildman–Crippen MR) is 89.1 cm³/mol. The van der Waals surface area contributed by atoms with Crippen molar-refractivity contribution < 1.29 is 19.2 Å². The summed E-state index contributed by atoms with van der Waals surface area (Å²) in [5.41, 5.74) is 3.37. The highest BCUT2D eigenvalue weighted by Crippen LogP contribution is 2.18. The van der Waals surface area contributed by atoms with Crippen LogP contribution in [-0.4, -0.2) is 54.7 Å². The molecular weight excluding hydrogens is 310 g/mol. The summed E-state index contributed by atoms with van der Waals surface area (Å²) in [6.45, 7) is 3.90. The van der Waals surface area contributed by atoms with Gasteiger partial charge < -0.3 is 19.4 Å². The SMILES string of the molecule is CCN(C(=O)ONC)C1CCN(C(=O)OCc2ccccc2)CC1. The van der Waals surface area contributed by atoms with Gasteiger partial charge in [0, 0.05) is 32.7 Å². The number of nitrogens with zero attached hydrogens (tertiary/aromatic N) is 2. The Kier molecular flexibility index (Phi) is 6.87. The Morgan fingerprint density at radius 1 is 1.25 bits per heavy atom. The quantitative estimate of drug-likeness (QED) is 0.837. The molecule has 1 aliphatic heterocycles. The van der Waals surface area contributed by atoms with Crippen molar-refractivity contribution in [2.45, 2.75) is 32.4 Å². The molecule has 0 aliphatic carbocycles. The van der Waals surface area contributed by atoms with E-state index >= 15 is 0 Å². The molecule has 1 heterocycles. The van der Waals surface area contributed by atoms with E-state index in [1.54, 1.807) is 16.8 Å². The maximum Gasteiger partial charge on any atom is 0.428 e. The maximum absolute atomic E-state index is 12.1. The average molecular weight is 335 g/mol. The van der Waals surface area contributed by atoms with Crippen LogP contribution >= 0.6 is 0 Å². The molecule has 1 aromatic rings. The third kappa shape index (κ3) is 4.86. The first kappa shape index (κ1) is 18.1. The minimum Gasteiger partial charge on any atom is -0.445 e. The fourth-order valence-electron chi connectivity index (χ4n) is 2.85. The fourth-order valence-corrected chi connectivity index (χ4v) is 2.85. The minimum absolute atomic E-state index is 0.0778. The second-order valence-electron chi connectivity index (χ2n) is 5.62. The van der Waals surface area contributed by atoms with E-state index in [0.717, 1.165) is 5.56 Å². The van der Waals surface area contributed by atoms with Crippen molar-refractivity contribution in [2.24, 2.45) is 0 Å². The molecule has 0 bridgehead atoms. The summed E-state index contributed by atoms with van der Waals surface area (Å²) < 4.78 is 5.35. The van der Waals surface area contributed by atoms with Crippen LogP contribution in [0.3, 0.4) is 0 Å². The summed E-state index contributed by atoms with van der Waals surface area (Å²) in [6, 6.07) is 9.68. The van der Waals surface area contributed by atoms with Crippen molar-refractivity contribution in [3.8, 4) is 0 Å². The molecule has 0 spiro atoms. The number of amides is 2. The number of hydrogen-bond acceptors (Lipinski definition) is 5. The Hall–Kier alpha value is -2.28. The van der Waals surface area contributed by atoms with Gasteiger partial charge in [0.1, 0.15) is 6.61 Å². The molecule has 1 aliphatic rings. The van der Waals surface area contributed by atoms with Crippen LogP contribution in [0.25, 0.3) is 0 Å². The predicted octanol–water partition coefficient (Wildman–Crippen LogP) is 2.38.